The van der Waals surface area contributed by atoms with Gasteiger partial charge in [0, 0.05) is 17.5 Å². The molecule has 1 aromatic rings. The number of unbranched alkanes of at least 4 members (excludes halogenated alkanes) is 1. The maximum atomic E-state index is 12.3. The fourth-order valence-electron chi connectivity index (χ4n) is 3.47. The van der Waals surface area contributed by atoms with Gasteiger partial charge in [-0.05, 0) is 31.2 Å². The Morgan fingerprint density at radius 3 is 2.58 bits per heavy atom. The number of allylic oxidation sites excluding steroid dienone is 1. The van der Waals surface area contributed by atoms with Crippen LogP contribution < -0.4 is 10.6 Å². The summed E-state index contributed by atoms with van der Waals surface area (Å²) in [5.74, 6) is 0. The van der Waals surface area contributed by atoms with E-state index in [4.69, 9.17) is 0 Å². The van der Waals surface area contributed by atoms with Crippen LogP contribution >= 0.6 is 0 Å². The van der Waals surface area contributed by atoms with Crippen LogP contribution in [0, 0.1) is 16.7 Å². The lowest BCUT2D eigenvalue weighted by Gasteiger charge is -2.38. The molecule has 0 aromatic heterocycles. The second-order valence-corrected chi connectivity index (χ2v) is 6.42. The predicted molar refractivity (Wildman–Crippen MR) is 97.1 cm³/mol. The van der Waals surface area contributed by atoms with Gasteiger partial charge in [0.25, 0.3) is 0 Å². The van der Waals surface area contributed by atoms with E-state index in [9.17, 15) is 10.1 Å². The quantitative estimate of drug-likeness (QED) is 0.762. The summed E-state index contributed by atoms with van der Waals surface area (Å²) in [5.41, 5.74) is 3.35. The molecule has 0 unspecified atom stereocenters. The third-order valence-electron chi connectivity index (χ3n) is 5.12. The van der Waals surface area contributed by atoms with Crippen LogP contribution in [0.3, 0.4) is 0 Å². The Balaban J connectivity index is 2.43. The molecule has 1 aliphatic carbocycles. The number of hydrogen-bond donors (Lipinski definition) is 2. The molecule has 0 aliphatic heterocycles. The van der Waals surface area contributed by atoms with Crippen LogP contribution in [0.2, 0.25) is 0 Å². The van der Waals surface area contributed by atoms with E-state index in [0.29, 0.717) is 17.8 Å². The highest BCUT2D eigenvalue weighted by atomic mass is 16.2. The van der Waals surface area contributed by atoms with E-state index < -0.39 is 0 Å². The molecule has 1 aromatic carbocycles. The SMILES string of the molecule is CCCCNC(=O)NC1=C(C#N)C(CC)(CC)Cc2ccccc21. The van der Waals surface area contributed by atoms with Gasteiger partial charge in [-0.15, -0.1) is 0 Å². The van der Waals surface area contributed by atoms with E-state index in [1.54, 1.807) is 0 Å². The Morgan fingerprint density at radius 2 is 1.96 bits per heavy atom. The highest BCUT2D eigenvalue weighted by molar-refractivity contribution is 5.89. The lowest BCUT2D eigenvalue weighted by atomic mass is 9.66. The van der Waals surface area contributed by atoms with Gasteiger partial charge >= 0.3 is 6.03 Å². The van der Waals surface area contributed by atoms with Gasteiger partial charge in [0.2, 0.25) is 0 Å². The molecule has 0 spiro atoms. The van der Waals surface area contributed by atoms with E-state index in [1.807, 2.05) is 18.2 Å². The standard InChI is InChI=1S/C20H27N3O/c1-4-7-12-22-19(24)23-18-16-11-9-8-10-15(16)13-20(5-2,6-3)17(18)14-21/h8-11H,4-7,12-13H2,1-3H3,(H2,22,23,24). The Hall–Kier alpha value is -2.28. The first-order valence-electron chi connectivity index (χ1n) is 8.89. The molecular formula is C20H27N3O. The van der Waals surface area contributed by atoms with Crippen LogP contribution in [0.5, 0.6) is 0 Å². The van der Waals surface area contributed by atoms with Crippen molar-refractivity contribution in [2.75, 3.05) is 6.54 Å². The molecule has 4 nitrogen and oxygen atoms in total. The van der Waals surface area contributed by atoms with Gasteiger partial charge in [0.15, 0.2) is 0 Å². The summed E-state index contributed by atoms with van der Waals surface area (Å²) in [5, 5.41) is 15.7. The van der Waals surface area contributed by atoms with Crippen molar-refractivity contribution in [2.45, 2.75) is 52.9 Å². The molecule has 0 saturated heterocycles. The van der Waals surface area contributed by atoms with Gasteiger partial charge in [-0.2, -0.15) is 5.26 Å². The first-order chi connectivity index (χ1) is 11.6. The fraction of sp³-hybridized carbons (Fsp3) is 0.500. The van der Waals surface area contributed by atoms with Crippen molar-refractivity contribution in [3.05, 3.63) is 41.0 Å². The van der Waals surface area contributed by atoms with E-state index in [2.05, 4.69) is 43.5 Å². The number of urea groups is 1. The van der Waals surface area contributed by atoms with Crippen molar-refractivity contribution in [3.63, 3.8) is 0 Å². The summed E-state index contributed by atoms with van der Waals surface area (Å²) in [6.45, 7) is 6.97. The first-order valence-corrected chi connectivity index (χ1v) is 8.89. The highest BCUT2D eigenvalue weighted by Crippen LogP contribution is 2.46. The third kappa shape index (κ3) is 3.46. The van der Waals surface area contributed by atoms with Gasteiger partial charge < -0.3 is 10.6 Å². The highest BCUT2D eigenvalue weighted by Gasteiger charge is 2.38. The topological polar surface area (TPSA) is 64.9 Å². The molecule has 0 radical (unpaired) electrons. The number of nitrogens with one attached hydrogen (secondary N) is 2. The van der Waals surface area contributed by atoms with Gasteiger partial charge in [0.05, 0.1) is 17.3 Å². The molecule has 2 rings (SSSR count). The average molecular weight is 325 g/mol. The molecular weight excluding hydrogens is 298 g/mol. The number of carbonyl (C=O) groups is 1. The number of nitriles is 1. The molecule has 1 aliphatic rings. The maximum Gasteiger partial charge on any atom is 0.319 e. The molecule has 2 amide bonds. The molecule has 0 fully saturated rings. The first kappa shape index (κ1) is 18.1. The van der Waals surface area contributed by atoms with Crippen LogP contribution in [0.25, 0.3) is 5.70 Å². The second-order valence-electron chi connectivity index (χ2n) is 6.42. The van der Waals surface area contributed by atoms with Crippen LogP contribution in [0.1, 0.15) is 57.6 Å². The fourth-order valence-corrected chi connectivity index (χ4v) is 3.47. The van der Waals surface area contributed by atoms with Gasteiger partial charge in [-0.25, -0.2) is 4.79 Å². The molecule has 0 bridgehead atoms. The zero-order chi connectivity index (χ0) is 17.6. The van der Waals surface area contributed by atoms with Crippen molar-refractivity contribution in [3.8, 4) is 6.07 Å². The summed E-state index contributed by atoms with van der Waals surface area (Å²) in [7, 11) is 0. The third-order valence-corrected chi connectivity index (χ3v) is 5.12. The zero-order valence-corrected chi connectivity index (χ0v) is 14.9. The van der Waals surface area contributed by atoms with Crippen LogP contribution in [0.15, 0.2) is 29.8 Å². The van der Waals surface area contributed by atoms with Crippen molar-refractivity contribution in [1.82, 2.24) is 10.6 Å². The van der Waals surface area contributed by atoms with Crippen molar-refractivity contribution in [1.29, 1.82) is 5.26 Å². The molecule has 24 heavy (non-hydrogen) atoms. The average Bonchev–Trinajstić information content (AvgIpc) is 2.61. The summed E-state index contributed by atoms with van der Waals surface area (Å²) >= 11 is 0. The molecule has 128 valence electrons. The smallest absolute Gasteiger partial charge is 0.319 e. The Bertz CT molecular complexity index is 666. The largest absolute Gasteiger partial charge is 0.338 e. The van der Waals surface area contributed by atoms with Crippen LogP contribution in [0.4, 0.5) is 4.79 Å². The molecule has 2 N–H and O–H groups in total. The molecule has 0 saturated carbocycles. The van der Waals surface area contributed by atoms with Crippen LogP contribution in [-0.2, 0) is 6.42 Å². The molecule has 4 heteroatoms. The van der Waals surface area contributed by atoms with Crippen molar-refractivity contribution >= 4 is 11.7 Å². The summed E-state index contributed by atoms with van der Waals surface area (Å²) < 4.78 is 0. The Kier molecular flexibility index (Phi) is 6.03. The zero-order valence-electron chi connectivity index (χ0n) is 14.9. The lowest BCUT2D eigenvalue weighted by molar-refractivity contribution is 0.244. The Labute approximate surface area is 144 Å². The summed E-state index contributed by atoms with van der Waals surface area (Å²) in [6.07, 6.45) is 4.58. The monoisotopic (exact) mass is 325 g/mol. The van der Waals surface area contributed by atoms with E-state index in [-0.39, 0.29) is 11.4 Å². The number of fused-ring (bicyclic) bond motifs is 1. The van der Waals surface area contributed by atoms with E-state index in [1.165, 1.54) is 5.56 Å². The minimum atomic E-state index is -0.232. The predicted octanol–water partition coefficient (Wildman–Crippen LogP) is 4.38. The van der Waals surface area contributed by atoms with Crippen LogP contribution in [-0.4, -0.2) is 12.6 Å². The van der Waals surface area contributed by atoms with Gasteiger partial charge in [0.1, 0.15) is 0 Å². The normalized spacial score (nSPS) is 15.4. The van der Waals surface area contributed by atoms with Gasteiger partial charge in [-0.1, -0.05) is 51.5 Å². The number of amides is 2. The maximum absolute atomic E-state index is 12.3. The van der Waals surface area contributed by atoms with E-state index in [0.717, 1.165) is 37.7 Å². The molecule has 0 heterocycles. The number of carbonyl (C=O) groups excluding carboxylic acids is 1. The minimum absolute atomic E-state index is 0.199. The second kappa shape index (κ2) is 8.01. The number of hydrogen-bond acceptors (Lipinski definition) is 2. The number of rotatable bonds is 6. The number of nitrogens with zero attached hydrogens (tertiary/aromatic N) is 1. The molecule has 0 atom stereocenters. The number of benzene rings is 1. The van der Waals surface area contributed by atoms with Gasteiger partial charge in [-0.3, -0.25) is 0 Å². The lowest BCUT2D eigenvalue weighted by Crippen LogP contribution is -2.39. The van der Waals surface area contributed by atoms with E-state index >= 15 is 0 Å². The Morgan fingerprint density at radius 1 is 1.25 bits per heavy atom. The minimum Gasteiger partial charge on any atom is -0.338 e. The van der Waals surface area contributed by atoms with Crippen molar-refractivity contribution < 1.29 is 4.79 Å². The summed E-state index contributed by atoms with van der Waals surface area (Å²) in [6, 6.07) is 10.2. The van der Waals surface area contributed by atoms with Crippen molar-refractivity contribution in [2.24, 2.45) is 5.41 Å². The summed E-state index contributed by atoms with van der Waals surface area (Å²) in [4.78, 5) is 12.3.